The summed E-state index contributed by atoms with van der Waals surface area (Å²) in [7, 11) is 0. The van der Waals surface area contributed by atoms with Crippen molar-refractivity contribution in [3.63, 3.8) is 0 Å². The summed E-state index contributed by atoms with van der Waals surface area (Å²) in [5.41, 5.74) is 0.491. The molecule has 2 aliphatic rings. The Morgan fingerprint density at radius 1 is 1.27 bits per heavy atom. The van der Waals surface area contributed by atoms with Crippen LogP contribution in [-0.2, 0) is 9.53 Å². The van der Waals surface area contributed by atoms with Crippen molar-refractivity contribution in [2.75, 3.05) is 0 Å². The number of carbonyl (C=O) groups excluding carboxylic acids is 1. The van der Waals surface area contributed by atoms with Crippen molar-refractivity contribution < 1.29 is 9.53 Å². The highest BCUT2D eigenvalue weighted by Gasteiger charge is 2.52. The third-order valence-corrected chi connectivity index (χ3v) is 3.17. The molecule has 0 unspecified atom stereocenters. The molecule has 3 atom stereocenters. The Balaban J connectivity index is 1.88. The molecule has 0 aromatic rings. The van der Waals surface area contributed by atoms with E-state index in [0.29, 0.717) is 17.4 Å². The van der Waals surface area contributed by atoms with Gasteiger partial charge in [-0.15, -0.1) is 11.8 Å². The molecule has 2 heteroatoms. The van der Waals surface area contributed by atoms with Gasteiger partial charge in [-0.05, 0) is 19.8 Å². The standard InChI is InChI=1S/C13H16O2/c1-9(2)13(14)15-12-10-7-5-3-4-6-8-11(10)12/h10-12H,1,5-8H2,2H3/t10-,11+,12+. The molecule has 0 aromatic carbocycles. The summed E-state index contributed by atoms with van der Waals surface area (Å²) in [6.45, 7) is 5.28. The van der Waals surface area contributed by atoms with Crippen LogP contribution in [0.2, 0.25) is 0 Å². The number of rotatable bonds is 2. The highest BCUT2D eigenvalue weighted by atomic mass is 16.6. The molecule has 0 aliphatic heterocycles. The number of ether oxygens (including phenoxy) is 1. The molecular formula is C13H16O2. The first-order valence-corrected chi connectivity index (χ1v) is 5.52. The summed E-state index contributed by atoms with van der Waals surface area (Å²) in [4.78, 5) is 11.4. The second-order valence-corrected chi connectivity index (χ2v) is 4.41. The van der Waals surface area contributed by atoms with Crippen LogP contribution in [0.3, 0.4) is 0 Å². The predicted octanol–water partition coefficient (Wildman–Crippen LogP) is 2.30. The van der Waals surface area contributed by atoms with Crippen LogP contribution in [0.4, 0.5) is 0 Å². The van der Waals surface area contributed by atoms with E-state index in [2.05, 4.69) is 18.4 Å². The number of fused-ring (bicyclic) bond motifs is 1. The summed E-state index contributed by atoms with van der Waals surface area (Å²) in [6, 6.07) is 0. The van der Waals surface area contributed by atoms with Gasteiger partial charge in [-0.25, -0.2) is 4.79 Å². The average Bonchev–Trinajstić information content (AvgIpc) is 2.75. The first kappa shape index (κ1) is 10.3. The Hall–Kier alpha value is -1.23. The zero-order valence-corrected chi connectivity index (χ0v) is 9.08. The van der Waals surface area contributed by atoms with E-state index >= 15 is 0 Å². The van der Waals surface area contributed by atoms with E-state index in [1.807, 2.05) is 0 Å². The smallest absolute Gasteiger partial charge is 0.333 e. The largest absolute Gasteiger partial charge is 0.458 e. The maximum absolute atomic E-state index is 11.4. The zero-order chi connectivity index (χ0) is 10.8. The first-order valence-electron chi connectivity index (χ1n) is 5.52. The summed E-state index contributed by atoms with van der Waals surface area (Å²) >= 11 is 0. The van der Waals surface area contributed by atoms with E-state index in [9.17, 15) is 4.79 Å². The fourth-order valence-corrected chi connectivity index (χ4v) is 2.22. The molecule has 15 heavy (non-hydrogen) atoms. The van der Waals surface area contributed by atoms with Crippen molar-refractivity contribution >= 4 is 5.97 Å². The van der Waals surface area contributed by atoms with Gasteiger partial charge in [0.25, 0.3) is 0 Å². The van der Waals surface area contributed by atoms with Gasteiger partial charge in [-0.2, -0.15) is 0 Å². The third kappa shape index (κ3) is 2.23. The van der Waals surface area contributed by atoms with E-state index in [1.54, 1.807) is 6.92 Å². The lowest BCUT2D eigenvalue weighted by molar-refractivity contribution is -0.141. The molecule has 0 aromatic heterocycles. The van der Waals surface area contributed by atoms with Gasteiger partial charge < -0.3 is 4.74 Å². The molecule has 0 bridgehead atoms. The van der Waals surface area contributed by atoms with Crippen molar-refractivity contribution in [1.29, 1.82) is 0 Å². The molecule has 0 saturated heterocycles. The normalized spacial score (nSPS) is 32.5. The fourth-order valence-electron chi connectivity index (χ4n) is 2.22. The first-order chi connectivity index (χ1) is 7.20. The van der Waals surface area contributed by atoms with Crippen molar-refractivity contribution in [3.8, 4) is 11.8 Å². The monoisotopic (exact) mass is 204 g/mol. The van der Waals surface area contributed by atoms with E-state index in [0.717, 1.165) is 25.7 Å². The minimum absolute atomic E-state index is 0.135. The molecule has 2 nitrogen and oxygen atoms in total. The van der Waals surface area contributed by atoms with Gasteiger partial charge >= 0.3 is 5.97 Å². The highest BCUT2D eigenvalue weighted by Crippen LogP contribution is 2.48. The van der Waals surface area contributed by atoms with E-state index < -0.39 is 0 Å². The minimum atomic E-state index is -0.243. The van der Waals surface area contributed by atoms with Crippen LogP contribution in [0.25, 0.3) is 0 Å². The number of hydrogen-bond acceptors (Lipinski definition) is 2. The summed E-state index contributed by atoms with van der Waals surface area (Å²) in [5, 5.41) is 0. The number of hydrogen-bond donors (Lipinski definition) is 0. The second-order valence-electron chi connectivity index (χ2n) is 4.41. The Labute approximate surface area is 90.7 Å². The lowest BCUT2D eigenvalue weighted by Crippen LogP contribution is -2.09. The summed E-state index contributed by atoms with van der Waals surface area (Å²) in [6.07, 6.45) is 4.18. The molecule has 1 saturated carbocycles. The van der Waals surface area contributed by atoms with Crippen molar-refractivity contribution in [3.05, 3.63) is 12.2 Å². The van der Waals surface area contributed by atoms with Crippen LogP contribution in [0.15, 0.2) is 12.2 Å². The van der Waals surface area contributed by atoms with Gasteiger partial charge in [-0.1, -0.05) is 6.58 Å². The molecule has 0 N–H and O–H groups in total. The van der Waals surface area contributed by atoms with Crippen LogP contribution < -0.4 is 0 Å². The summed E-state index contributed by atoms with van der Waals surface area (Å²) in [5.74, 6) is 7.14. The topological polar surface area (TPSA) is 26.3 Å². The molecule has 0 spiro atoms. The lowest BCUT2D eigenvalue weighted by Gasteiger charge is -2.02. The van der Waals surface area contributed by atoms with Crippen molar-refractivity contribution in [2.45, 2.75) is 38.7 Å². The Morgan fingerprint density at radius 2 is 1.80 bits per heavy atom. The Kier molecular flexibility index (Phi) is 2.81. The van der Waals surface area contributed by atoms with E-state index in [4.69, 9.17) is 4.74 Å². The average molecular weight is 204 g/mol. The van der Waals surface area contributed by atoms with Crippen LogP contribution in [0, 0.1) is 23.7 Å². The van der Waals surface area contributed by atoms with Crippen molar-refractivity contribution in [2.24, 2.45) is 11.8 Å². The zero-order valence-electron chi connectivity index (χ0n) is 9.08. The van der Waals surface area contributed by atoms with E-state index in [-0.39, 0.29) is 12.1 Å². The molecule has 1 fully saturated rings. The van der Waals surface area contributed by atoms with Crippen LogP contribution in [-0.4, -0.2) is 12.1 Å². The van der Waals surface area contributed by atoms with Gasteiger partial charge in [0.05, 0.1) is 0 Å². The van der Waals surface area contributed by atoms with Gasteiger partial charge in [0.1, 0.15) is 6.10 Å². The third-order valence-electron chi connectivity index (χ3n) is 3.17. The fraction of sp³-hybridized carbons (Fsp3) is 0.615. The van der Waals surface area contributed by atoms with Crippen LogP contribution >= 0.6 is 0 Å². The Morgan fingerprint density at radius 3 is 2.27 bits per heavy atom. The maximum atomic E-state index is 11.4. The van der Waals surface area contributed by atoms with Gasteiger partial charge in [0, 0.05) is 30.3 Å². The van der Waals surface area contributed by atoms with Crippen molar-refractivity contribution in [1.82, 2.24) is 0 Å². The second kappa shape index (κ2) is 4.10. The Bertz CT molecular complexity index is 327. The molecule has 2 rings (SSSR count). The van der Waals surface area contributed by atoms with Crippen LogP contribution in [0.5, 0.6) is 0 Å². The molecule has 2 aliphatic carbocycles. The molecule has 80 valence electrons. The van der Waals surface area contributed by atoms with Gasteiger partial charge in [-0.3, -0.25) is 0 Å². The number of esters is 1. The van der Waals surface area contributed by atoms with E-state index in [1.165, 1.54) is 0 Å². The lowest BCUT2D eigenvalue weighted by atomic mass is 10.1. The SMILES string of the molecule is C=C(C)C(=O)O[C@H]1[C@@H]2CCC#CCC[C@@H]21. The molecule has 0 amide bonds. The highest BCUT2D eigenvalue weighted by molar-refractivity contribution is 5.87. The predicted molar refractivity (Wildman–Crippen MR) is 57.9 cm³/mol. The number of carbonyl (C=O) groups is 1. The molecular weight excluding hydrogens is 188 g/mol. The quantitative estimate of drug-likeness (QED) is 0.392. The molecule has 0 radical (unpaired) electrons. The van der Waals surface area contributed by atoms with Gasteiger partial charge in [0.2, 0.25) is 0 Å². The summed E-state index contributed by atoms with van der Waals surface area (Å²) < 4.78 is 5.39. The minimum Gasteiger partial charge on any atom is -0.458 e. The van der Waals surface area contributed by atoms with Gasteiger partial charge in [0.15, 0.2) is 0 Å². The maximum Gasteiger partial charge on any atom is 0.333 e. The van der Waals surface area contributed by atoms with Crippen LogP contribution in [0.1, 0.15) is 32.6 Å². The molecule has 0 heterocycles.